The van der Waals surface area contributed by atoms with Gasteiger partial charge in [-0.3, -0.25) is 9.59 Å². The number of nitrogens with zero attached hydrogens (tertiary/aromatic N) is 1. The first-order valence-electron chi connectivity index (χ1n) is 7.26. The van der Waals surface area contributed by atoms with Crippen LogP contribution in [0.2, 0.25) is 0 Å². The second-order valence-electron chi connectivity index (χ2n) is 4.97. The third-order valence-electron chi connectivity index (χ3n) is 3.18. The van der Waals surface area contributed by atoms with Crippen molar-refractivity contribution in [3.05, 3.63) is 59.7 Å². The highest BCUT2D eigenvalue weighted by Gasteiger charge is 2.30. The zero-order valence-corrected chi connectivity index (χ0v) is 13.5. The van der Waals surface area contributed by atoms with Gasteiger partial charge in [0.15, 0.2) is 0 Å². The van der Waals surface area contributed by atoms with Crippen LogP contribution in [0.5, 0.6) is 5.75 Å². The van der Waals surface area contributed by atoms with Crippen LogP contribution in [0.15, 0.2) is 53.6 Å². The lowest BCUT2D eigenvalue weighted by Gasteiger charge is -2.08. The Hall–Kier alpha value is -3.36. The molecule has 9 heteroatoms. The van der Waals surface area contributed by atoms with E-state index in [1.54, 1.807) is 24.3 Å². The van der Waals surface area contributed by atoms with E-state index in [0.29, 0.717) is 11.3 Å². The van der Waals surface area contributed by atoms with Gasteiger partial charge in [-0.1, -0.05) is 12.1 Å². The first-order valence-corrected chi connectivity index (χ1v) is 7.26. The SMILES string of the molecule is COc1ccccc1/C=N\NC(=O)C(=O)Nc1ccc(C(F)(F)F)cc1. The molecule has 6 nitrogen and oxygen atoms in total. The molecule has 26 heavy (non-hydrogen) atoms. The summed E-state index contributed by atoms with van der Waals surface area (Å²) >= 11 is 0. The number of hydrazone groups is 1. The Bertz CT molecular complexity index is 818. The van der Waals surface area contributed by atoms with E-state index in [1.807, 2.05) is 5.43 Å². The van der Waals surface area contributed by atoms with Gasteiger partial charge in [-0.15, -0.1) is 0 Å². The number of methoxy groups -OCH3 is 1. The van der Waals surface area contributed by atoms with Crippen LogP contribution in [0, 0.1) is 0 Å². The summed E-state index contributed by atoms with van der Waals surface area (Å²) in [4.78, 5) is 23.4. The van der Waals surface area contributed by atoms with Crippen molar-refractivity contribution in [2.24, 2.45) is 5.10 Å². The van der Waals surface area contributed by atoms with E-state index in [4.69, 9.17) is 4.74 Å². The van der Waals surface area contributed by atoms with Gasteiger partial charge in [0.1, 0.15) is 5.75 Å². The summed E-state index contributed by atoms with van der Waals surface area (Å²) < 4.78 is 42.5. The van der Waals surface area contributed by atoms with Crippen molar-refractivity contribution in [2.75, 3.05) is 12.4 Å². The molecule has 2 amide bonds. The molecule has 0 radical (unpaired) electrons. The minimum atomic E-state index is -4.48. The standard InChI is InChI=1S/C17H14F3N3O3/c1-26-14-5-3-2-4-11(14)10-21-23-16(25)15(24)22-13-8-6-12(7-9-13)17(18,19)20/h2-10H,1H3,(H,22,24)(H,23,25)/b21-10-. The molecule has 0 saturated carbocycles. The number of amides is 2. The van der Waals surface area contributed by atoms with Crippen molar-refractivity contribution in [1.82, 2.24) is 5.43 Å². The summed E-state index contributed by atoms with van der Waals surface area (Å²) in [5, 5.41) is 5.82. The Labute approximate surface area is 146 Å². The van der Waals surface area contributed by atoms with Gasteiger partial charge < -0.3 is 10.1 Å². The van der Waals surface area contributed by atoms with Gasteiger partial charge >= 0.3 is 18.0 Å². The predicted octanol–water partition coefficient (Wildman–Crippen LogP) is 2.80. The van der Waals surface area contributed by atoms with Gasteiger partial charge in [0.05, 0.1) is 18.9 Å². The Balaban J connectivity index is 1.93. The number of benzene rings is 2. The maximum absolute atomic E-state index is 12.5. The van der Waals surface area contributed by atoms with Crippen molar-refractivity contribution in [2.45, 2.75) is 6.18 Å². The number of carbonyl (C=O) groups is 2. The molecule has 2 rings (SSSR count). The van der Waals surface area contributed by atoms with E-state index in [9.17, 15) is 22.8 Å². The first-order chi connectivity index (χ1) is 12.3. The molecule has 2 aromatic rings. The highest BCUT2D eigenvalue weighted by Crippen LogP contribution is 2.29. The lowest BCUT2D eigenvalue weighted by atomic mass is 10.2. The van der Waals surface area contributed by atoms with E-state index in [2.05, 4.69) is 10.4 Å². The minimum Gasteiger partial charge on any atom is -0.496 e. The van der Waals surface area contributed by atoms with Crippen LogP contribution >= 0.6 is 0 Å². The molecule has 0 bridgehead atoms. The molecule has 2 aromatic carbocycles. The van der Waals surface area contributed by atoms with Crippen molar-refractivity contribution >= 4 is 23.7 Å². The number of ether oxygens (including phenoxy) is 1. The van der Waals surface area contributed by atoms with Gasteiger partial charge in [-0.25, -0.2) is 5.43 Å². The van der Waals surface area contributed by atoms with Gasteiger partial charge in [-0.2, -0.15) is 18.3 Å². The van der Waals surface area contributed by atoms with E-state index in [0.717, 1.165) is 24.3 Å². The van der Waals surface area contributed by atoms with Crippen LogP contribution in [-0.2, 0) is 15.8 Å². The fourth-order valence-corrected chi connectivity index (χ4v) is 1.91. The Morgan fingerprint density at radius 3 is 2.31 bits per heavy atom. The normalized spacial score (nSPS) is 11.2. The maximum atomic E-state index is 12.5. The average molecular weight is 365 g/mol. The molecule has 0 aliphatic carbocycles. The molecular weight excluding hydrogens is 351 g/mol. The average Bonchev–Trinajstić information content (AvgIpc) is 2.61. The van der Waals surface area contributed by atoms with Crippen LogP contribution in [0.4, 0.5) is 18.9 Å². The quantitative estimate of drug-likeness (QED) is 0.497. The van der Waals surface area contributed by atoms with Crippen molar-refractivity contribution in [1.29, 1.82) is 0 Å². The van der Waals surface area contributed by atoms with E-state index in [-0.39, 0.29) is 5.69 Å². The van der Waals surface area contributed by atoms with Gasteiger partial charge in [0, 0.05) is 11.3 Å². The molecule has 0 aromatic heterocycles. The molecule has 0 aliphatic rings. The van der Waals surface area contributed by atoms with Crippen molar-refractivity contribution in [3.8, 4) is 5.75 Å². The van der Waals surface area contributed by atoms with Crippen LogP contribution < -0.4 is 15.5 Å². The fraction of sp³-hybridized carbons (Fsp3) is 0.118. The monoisotopic (exact) mass is 365 g/mol. The molecule has 0 aliphatic heterocycles. The third kappa shape index (κ3) is 5.07. The van der Waals surface area contributed by atoms with Crippen LogP contribution in [0.1, 0.15) is 11.1 Å². The second-order valence-corrected chi connectivity index (χ2v) is 4.97. The van der Waals surface area contributed by atoms with E-state index >= 15 is 0 Å². The highest BCUT2D eigenvalue weighted by molar-refractivity contribution is 6.39. The Morgan fingerprint density at radius 1 is 1.04 bits per heavy atom. The van der Waals surface area contributed by atoms with Gasteiger partial charge in [0.2, 0.25) is 0 Å². The molecule has 0 spiro atoms. The van der Waals surface area contributed by atoms with Gasteiger partial charge in [0.25, 0.3) is 0 Å². The molecule has 0 unspecified atom stereocenters. The number of carbonyl (C=O) groups excluding carboxylic acids is 2. The smallest absolute Gasteiger partial charge is 0.416 e. The highest BCUT2D eigenvalue weighted by atomic mass is 19.4. The number of nitrogens with one attached hydrogen (secondary N) is 2. The van der Waals surface area contributed by atoms with E-state index < -0.39 is 23.6 Å². The molecule has 0 fully saturated rings. The number of hydrogen-bond acceptors (Lipinski definition) is 4. The van der Waals surface area contributed by atoms with Gasteiger partial charge in [-0.05, 0) is 36.4 Å². The Morgan fingerprint density at radius 2 is 1.69 bits per heavy atom. The largest absolute Gasteiger partial charge is 0.496 e. The lowest BCUT2D eigenvalue weighted by Crippen LogP contribution is -2.32. The molecule has 136 valence electrons. The molecule has 2 N–H and O–H groups in total. The summed E-state index contributed by atoms with van der Waals surface area (Å²) in [7, 11) is 1.47. The van der Waals surface area contributed by atoms with Crippen molar-refractivity contribution in [3.63, 3.8) is 0 Å². The summed E-state index contributed by atoms with van der Waals surface area (Å²) in [6, 6.07) is 10.6. The zero-order chi connectivity index (χ0) is 19.2. The fourth-order valence-electron chi connectivity index (χ4n) is 1.91. The number of anilines is 1. The number of alkyl halides is 3. The predicted molar refractivity (Wildman–Crippen MR) is 88.8 cm³/mol. The third-order valence-corrected chi connectivity index (χ3v) is 3.18. The molecular formula is C17H14F3N3O3. The summed E-state index contributed by atoms with van der Waals surface area (Å²) in [5.74, 6) is -1.61. The zero-order valence-electron chi connectivity index (χ0n) is 13.5. The summed E-state index contributed by atoms with van der Waals surface area (Å²) in [6.45, 7) is 0. The molecule has 0 atom stereocenters. The summed E-state index contributed by atoms with van der Waals surface area (Å²) in [5.41, 5.74) is 1.79. The minimum absolute atomic E-state index is 0.0480. The number of hydrogen-bond donors (Lipinski definition) is 2. The van der Waals surface area contributed by atoms with Crippen LogP contribution in [0.25, 0.3) is 0 Å². The maximum Gasteiger partial charge on any atom is 0.416 e. The molecule has 0 saturated heterocycles. The topological polar surface area (TPSA) is 79.8 Å². The second kappa shape index (κ2) is 8.15. The van der Waals surface area contributed by atoms with Crippen LogP contribution in [-0.4, -0.2) is 25.1 Å². The molecule has 0 heterocycles. The summed E-state index contributed by atoms with van der Waals surface area (Å²) in [6.07, 6.45) is -3.19. The number of halogens is 3. The van der Waals surface area contributed by atoms with Crippen LogP contribution in [0.3, 0.4) is 0 Å². The van der Waals surface area contributed by atoms with E-state index in [1.165, 1.54) is 13.3 Å². The Kier molecular flexibility index (Phi) is 5.94. The van der Waals surface area contributed by atoms with Crippen molar-refractivity contribution < 1.29 is 27.5 Å². The first kappa shape index (κ1) is 19.0. The lowest BCUT2D eigenvalue weighted by molar-refractivity contribution is -0.137. The number of para-hydroxylation sites is 1. The number of rotatable bonds is 4.